The Morgan fingerprint density at radius 2 is 1.93 bits per heavy atom. The van der Waals surface area contributed by atoms with E-state index in [4.69, 9.17) is 4.42 Å². The van der Waals surface area contributed by atoms with Crippen LogP contribution in [-0.4, -0.2) is 26.5 Å². The molecule has 0 fully saturated rings. The van der Waals surface area contributed by atoms with Crippen molar-refractivity contribution in [2.24, 2.45) is 0 Å². The maximum Gasteiger partial charge on any atom is 0.233 e. The molecule has 0 aliphatic rings. The summed E-state index contributed by atoms with van der Waals surface area (Å²) in [5, 5.41) is 1.93. The standard InChI is InChI=1S/C22H21N3O2S2/c1-15-16(2)29-22-20(15)21(23-14-24-22)28-13-19(26)25(12-18-9-6-10-27-18)11-17-7-4-3-5-8-17/h3-10,14H,11-13H2,1-2H3. The zero-order valence-corrected chi connectivity index (χ0v) is 17.9. The molecule has 0 aliphatic carbocycles. The summed E-state index contributed by atoms with van der Waals surface area (Å²) in [4.78, 5) is 25.9. The molecule has 0 atom stereocenters. The SMILES string of the molecule is Cc1sc2ncnc(SCC(=O)N(Cc3ccccc3)Cc3ccco3)c2c1C. The maximum atomic E-state index is 13.1. The van der Waals surface area contributed by atoms with Gasteiger partial charge in [-0.1, -0.05) is 42.1 Å². The van der Waals surface area contributed by atoms with Crippen LogP contribution in [0.1, 0.15) is 21.8 Å². The molecular weight excluding hydrogens is 402 g/mol. The number of thioether (sulfide) groups is 1. The van der Waals surface area contributed by atoms with Gasteiger partial charge in [-0.25, -0.2) is 9.97 Å². The lowest BCUT2D eigenvalue weighted by atomic mass is 10.2. The van der Waals surface area contributed by atoms with Crippen LogP contribution in [0.3, 0.4) is 0 Å². The Kier molecular flexibility index (Phi) is 5.97. The molecule has 0 unspecified atom stereocenters. The van der Waals surface area contributed by atoms with Gasteiger partial charge in [0.15, 0.2) is 0 Å². The number of amides is 1. The second-order valence-corrected chi connectivity index (χ2v) is 8.91. The van der Waals surface area contributed by atoms with E-state index >= 15 is 0 Å². The Hall–Kier alpha value is -2.64. The third-order valence-corrected chi connectivity index (χ3v) is 6.85. The number of rotatable bonds is 7. The summed E-state index contributed by atoms with van der Waals surface area (Å²) in [6.07, 6.45) is 3.21. The van der Waals surface area contributed by atoms with E-state index in [9.17, 15) is 4.79 Å². The van der Waals surface area contributed by atoms with Crippen LogP contribution in [0.4, 0.5) is 0 Å². The summed E-state index contributed by atoms with van der Waals surface area (Å²) in [5.74, 6) is 1.13. The van der Waals surface area contributed by atoms with E-state index in [-0.39, 0.29) is 5.91 Å². The van der Waals surface area contributed by atoms with Gasteiger partial charge in [0.25, 0.3) is 0 Å². The summed E-state index contributed by atoms with van der Waals surface area (Å²) >= 11 is 3.14. The monoisotopic (exact) mass is 423 g/mol. The number of carbonyl (C=O) groups excluding carboxylic acids is 1. The highest BCUT2D eigenvalue weighted by Crippen LogP contribution is 2.34. The Bertz CT molecular complexity index is 1110. The van der Waals surface area contributed by atoms with E-state index in [1.54, 1.807) is 23.9 Å². The summed E-state index contributed by atoms with van der Waals surface area (Å²) < 4.78 is 5.47. The van der Waals surface area contributed by atoms with E-state index in [1.165, 1.54) is 22.2 Å². The highest BCUT2D eigenvalue weighted by atomic mass is 32.2. The fourth-order valence-corrected chi connectivity index (χ4v) is 5.13. The van der Waals surface area contributed by atoms with Gasteiger partial charge in [-0.15, -0.1) is 11.3 Å². The molecule has 0 radical (unpaired) electrons. The van der Waals surface area contributed by atoms with Crippen molar-refractivity contribution in [1.82, 2.24) is 14.9 Å². The van der Waals surface area contributed by atoms with Crippen molar-refractivity contribution < 1.29 is 9.21 Å². The van der Waals surface area contributed by atoms with Crippen LogP contribution in [0.2, 0.25) is 0 Å². The second-order valence-electron chi connectivity index (χ2n) is 6.75. The van der Waals surface area contributed by atoms with Crippen LogP contribution in [-0.2, 0) is 17.9 Å². The molecule has 1 aromatic carbocycles. The Balaban J connectivity index is 1.52. The van der Waals surface area contributed by atoms with Gasteiger partial charge < -0.3 is 9.32 Å². The maximum absolute atomic E-state index is 13.1. The third kappa shape index (κ3) is 4.52. The van der Waals surface area contributed by atoms with Crippen molar-refractivity contribution in [1.29, 1.82) is 0 Å². The molecule has 4 aromatic rings. The molecule has 0 spiro atoms. The fourth-order valence-electron chi connectivity index (χ4n) is 3.11. The van der Waals surface area contributed by atoms with E-state index < -0.39 is 0 Å². The minimum Gasteiger partial charge on any atom is -0.467 e. The first-order valence-corrected chi connectivity index (χ1v) is 11.1. The lowest BCUT2D eigenvalue weighted by Crippen LogP contribution is -2.31. The van der Waals surface area contributed by atoms with E-state index in [1.807, 2.05) is 47.4 Å². The number of fused-ring (bicyclic) bond motifs is 1. The number of hydrogen-bond donors (Lipinski definition) is 0. The van der Waals surface area contributed by atoms with Gasteiger partial charge in [0, 0.05) is 16.8 Å². The normalized spacial score (nSPS) is 11.1. The van der Waals surface area contributed by atoms with E-state index in [2.05, 4.69) is 23.8 Å². The summed E-state index contributed by atoms with van der Waals surface area (Å²) in [7, 11) is 0. The molecule has 0 aliphatic heterocycles. The highest BCUT2D eigenvalue weighted by Gasteiger charge is 2.19. The topological polar surface area (TPSA) is 59.2 Å². The molecule has 29 heavy (non-hydrogen) atoms. The molecule has 0 saturated heterocycles. The van der Waals surface area contributed by atoms with Gasteiger partial charge in [-0.3, -0.25) is 4.79 Å². The third-order valence-electron chi connectivity index (χ3n) is 4.76. The van der Waals surface area contributed by atoms with Crippen molar-refractivity contribution in [2.75, 3.05) is 5.75 Å². The Labute approximate surface area is 177 Å². The van der Waals surface area contributed by atoms with Crippen molar-refractivity contribution in [3.05, 3.63) is 76.8 Å². The van der Waals surface area contributed by atoms with Crippen molar-refractivity contribution in [3.8, 4) is 0 Å². The van der Waals surface area contributed by atoms with Crippen molar-refractivity contribution >= 4 is 39.2 Å². The van der Waals surface area contributed by atoms with Gasteiger partial charge in [0.05, 0.1) is 18.6 Å². The first kappa shape index (κ1) is 19.7. The predicted molar refractivity (Wildman–Crippen MR) is 117 cm³/mol. The minimum absolute atomic E-state index is 0.0478. The van der Waals surface area contributed by atoms with Crippen LogP contribution >= 0.6 is 23.1 Å². The number of carbonyl (C=O) groups is 1. The average Bonchev–Trinajstić information content (AvgIpc) is 3.34. The molecule has 3 heterocycles. The Morgan fingerprint density at radius 3 is 2.69 bits per heavy atom. The molecule has 3 aromatic heterocycles. The molecule has 0 saturated carbocycles. The van der Waals surface area contributed by atoms with Crippen LogP contribution in [0.15, 0.2) is 64.5 Å². The second kappa shape index (κ2) is 8.80. The Morgan fingerprint density at radius 1 is 1.10 bits per heavy atom. The predicted octanol–water partition coefficient (Wildman–Crippen LogP) is 5.22. The zero-order valence-electron chi connectivity index (χ0n) is 16.3. The highest BCUT2D eigenvalue weighted by molar-refractivity contribution is 8.00. The number of furan rings is 1. The molecule has 7 heteroatoms. The summed E-state index contributed by atoms with van der Waals surface area (Å²) in [6.45, 7) is 5.15. The lowest BCUT2D eigenvalue weighted by Gasteiger charge is -2.22. The quantitative estimate of drug-likeness (QED) is 0.301. The number of aryl methyl sites for hydroxylation is 2. The van der Waals surface area contributed by atoms with E-state index in [0.29, 0.717) is 18.8 Å². The summed E-state index contributed by atoms with van der Waals surface area (Å²) in [5.41, 5.74) is 2.28. The van der Waals surface area contributed by atoms with Gasteiger partial charge in [0.2, 0.25) is 5.91 Å². The first-order valence-electron chi connectivity index (χ1n) is 9.29. The fraction of sp³-hybridized carbons (Fsp3) is 0.227. The smallest absolute Gasteiger partial charge is 0.233 e. The van der Waals surface area contributed by atoms with Gasteiger partial charge in [-0.05, 0) is 37.1 Å². The van der Waals surface area contributed by atoms with Crippen molar-refractivity contribution in [2.45, 2.75) is 32.0 Å². The molecule has 1 amide bonds. The van der Waals surface area contributed by atoms with Crippen LogP contribution < -0.4 is 0 Å². The van der Waals surface area contributed by atoms with Crippen LogP contribution in [0.5, 0.6) is 0 Å². The van der Waals surface area contributed by atoms with Gasteiger partial charge >= 0.3 is 0 Å². The van der Waals surface area contributed by atoms with Crippen LogP contribution in [0.25, 0.3) is 10.2 Å². The largest absolute Gasteiger partial charge is 0.467 e. The van der Waals surface area contributed by atoms with Crippen LogP contribution in [0, 0.1) is 13.8 Å². The number of benzene rings is 1. The number of thiophene rings is 1. The summed E-state index contributed by atoms with van der Waals surface area (Å²) in [6, 6.07) is 13.7. The number of aromatic nitrogens is 2. The lowest BCUT2D eigenvalue weighted by molar-refractivity contribution is -0.129. The zero-order chi connectivity index (χ0) is 20.2. The van der Waals surface area contributed by atoms with Gasteiger partial charge in [-0.2, -0.15) is 0 Å². The van der Waals surface area contributed by atoms with Crippen molar-refractivity contribution in [3.63, 3.8) is 0 Å². The first-order chi connectivity index (χ1) is 14.1. The number of hydrogen-bond acceptors (Lipinski definition) is 6. The average molecular weight is 424 g/mol. The van der Waals surface area contributed by atoms with Gasteiger partial charge in [0.1, 0.15) is 21.9 Å². The van der Waals surface area contributed by atoms with E-state index in [0.717, 1.165) is 26.6 Å². The molecule has 0 N–H and O–H groups in total. The molecule has 0 bridgehead atoms. The number of nitrogens with zero attached hydrogens (tertiary/aromatic N) is 3. The molecular formula is C22H21N3O2S2. The molecule has 148 valence electrons. The molecule has 4 rings (SSSR count). The molecule has 5 nitrogen and oxygen atoms in total. The minimum atomic E-state index is 0.0478.